The zero-order chi connectivity index (χ0) is 12.3. The summed E-state index contributed by atoms with van der Waals surface area (Å²) in [6, 6.07) is 7.88. The normalized spacial score (nSPS) is 10.2. The Bertz CT molecular complexity index is 508. The van der Waals surface area contributed by atoms with Gasteiger partial charge in [0, 0.05) is 6.54 Å². The minimum atomic E-state index is 0.441. The van der Waals surface area contributed by atoms with E-state index in [1.165, 1.54) is 0 Å². The lowest BCUT2D eigenvalue weighted by atomic mass is 10.3. The smallest absolute Gasteiger partial charge is 0.304 e. The minimum Gasteiger partial charge on any atom is -0.493 e. The molecule has 0 bridgehead atoms. The molecule has 0 aliphatic rings. The Hall–Kier alpha value is -2.17. The molecule has 1 aromatic heterocycles. The molecule has 17 heavy (non-hydrogen) atoms. The summed E-state index contributed by atoms with van der Waals surface area (Å²) in [4.78, 5) is 4.12. The number of aryl methyl sites for hydroxylation is 1. The van der Waals surface area contributed by atoms with Crippen molar-refractivity contribution in [3.05, 3.63) is 30.5 Å². The second-order valence-electron chi connectivity index (χ2n) is 3.49. The van der Waals surface area contributed by atoms with Gasteiger partial charge in [-0.2, -0.15) is 4.98 Å². The SMILES string of the molecule is CCn1cc(N)nc1Oc1ccccc1OC. The van der Waals surface area contributed by atoms with E-state index in [0.717, 1.165) is 6.54 Å². The molecule has 1 heterocycles. The maximum atomic E-state index is 5.69. The topological polar surface area (TPSA) is 62.3 Å². The van der Waals surface area contributed by atoms with Crippen LogP contribution in [0.5, 0.6) is 17.5 Å². The fourth-order valence-electron chi connectivity index (χ4n) is 1.53. The molecule has 5 nitrogen and oxygen atoms in total. The highest BCUT2D eigenvalue weighted by atomic mass is 16.5. The Morgan fingerprint density at radius 3 is 2.65 bits per heavy atom. The van der Waals surface area contributed by atoms with Crippen LogP contribution in [0.15, 0.2) is 30.5 Å². The van der Waals surface area contributed by atoms with E-state index in [4.69, 9.17) is 15.2 Å². The molecule has 0 unspecified atom stereocenters. The van der Waals surface area contributed by atoms with Crippen LogP contribution in [0.4, 0.5) is 5.82 Å². The molecule has 0 amide bonds. The number of rotatable bonds is 4. The second kappa shape index (κ2) is 4.78. The van der Waals surface area contributed by atoms with Crippen molar-refractivity contribution in [1.82, 2.24) is 9.55 Å². The average Bonchev–Trinajstić information content (AvgIpc) is 2.70. The maximum Gasteiger partial charge on any atom is 0.304 e. The van der Waals surface area contributed by atoms with Crippen molar-refractivity contribution in [2.75, 3.05) is 12.8 Å². The number of ether oxygens (including phenoxy) is 2. The summed E-state index contributed by atoms with van der Waals surface area (Å²) in [7, 11) is 1.60. The lowest BCUT2D eigenvalue weighted by molar-refractivity contribution is 0.359. The quantitative estimate of drug-likeness (QED) is 0.880. The van der Waals surface area contributed by atoms with Gasteiger partial charge in [0.25, 0.3) is 0 Å². The van der Waals surface area contributed by atoms with E-state index in [9.17, 15) is 0 Å². The number of anilines is 1. The van der Waals surface area contributed by atoms with Crippen LogP contribution in [0.1, 0.15) is 6.92 Å². The van der Waals surface area contributed by atoms with Crippen molar-refractivity contribution < 1.29 is 9.47 Å². The van der Waals surface area contributed by atoms with Crippen molar-refractivity contribution in [2.45, 2.75) is 13.5 Å². The zero-order valence-corrected chi connectivity index (χ0v) is 9.88. The van der Waals surface area contributed by atoms with Crippen molar-refractivity contribution in [3.8, 4) is 17.5 Å². The number of para-hydroxylation sites is 2. The molecular formula is C12H15N3O2. The molecule has 90 valence electrons. The van der Waals surface area contributed by atoms with Gasteiger partial charge in [-0.05, 0) is 19.1 Å². The Morgan fingerprint density at radius 2 is 2.00 bits per heavy atom. The van der Waals surface area contributed by atoms with Crippen molar-refractivity contribution in [2.24, 2.45) is 0 Å². The molecule has 0 spiro atoms. The number of nitrogens with two attached hydrogens (primary N) is 1. The van der Waals surface area contributed by atoms with E-state index in [1.54, 1.807) is 13.3 Å². The highest BCUT2D eigenvalue weighted by Crippen LogP contribution is 2.30. The summed E-state index contributed by atoms with van der Waals surface area (Å²) >= 11 is 0. The number of nitrogen functional groups attached to an aromatic ring is 1. The van der Waals surface area contributed by atoms with Crippen LogP contribution in [-0.2, 0) is 6.54 Å². The standard InChI is InChI=1S/C12H15N3O2/c1-3-15-8-11(13)14-12(15)17-10-7-5-4-6-9(10)16-2/h4-8H,3,13H2,1-2H3. The summed E-state index contributed by atoms with van der Waals surface area (Å²) < 4.78 is 12.7. The van der Waals surface area contributed by atoms with Gasteiger partial charge in [0.2, 0.25) is 0 Å². The molecule has 1 aromatic carbocycles. The van der Waals surface area contributed by atoms with Gasteiger partial charge in [-0.25, -0.2) is 0 Å². The van der Waals surface area contributed by atoms with E-state index in [1.807, 2.05) is 35.8 Å². The number of nitrogens with zero attached hydrogens (tertiary/aromatic N) is 2. The predicted octanol–water partition coefficient (Wildman–Crippen LogP) is 2.29. The van der Waals surface area contributed by atoms with Crippen LogP contribution >= 0.6 is 0 Å². The molecule has 0 aliphatic carbocycles. The third kappa shape index (κ3) is 2.33. The van der Waals surface area contributed by atoms with Gasteiger partial charge in [0.15, 0.2) is 11.5 Å². The molecule has 0 aliphatic heterocycles. The fraction of sp³-hybridized carbons (Fsp3) is 0.250. The maximum absolute atomic E-state index is 5.69. The van der Waals surface area contributed by atoms with E-state index in [-0.39, 0.29) is 0 Å². The largest absolute Gasteiger partial charge is 0.493 e. The number of hydrogen-bond donors (Lipinski definition) is 1. The second-order valence-corrected chi connectivity index (χ2v) is 3.49. The van der Waals surface area contributed by atoms with Crippen LogP contribution in [0, 0.1) is 0 Å². The third-order valence-electron chi connectivity index (χ3n) is 2.37. The van der Waals surface area contributed by atoms with Crippen molar-refractivity contribution in [1.29, 1.82) is 0 Å². The van der Waals surface area contributed by atoms with E-state index >= 15 is 0 Å². The Balaban J connectivity index is 2.30. The molecule has 0 atom stereocenters. The van der Waals surface area contributed by atoms with Crippen molar-refractivity contribution >= 4 is 5.82 Å². The first-order chi connectivity index (χ1) is 8.24. The molecule has 0 saturated heterocycles. The predicted molar refractivity (Wildman–Crippen MR) is 65.4 cm³/mol. The van der Waals surface area contributed by atoms with E-state index in [0.29, 0.717) is 23.3 Å². The lowest BCUT2D eigenvalue weighted by Crippen LogP contribution is -1.98. The number of imidazole rings is 1. The molecule has 0 fully saturated rings. The van der Waals surface area contributed by atoms with Crippen LogP contribution < -0.4 is 15.2 Å². The molecule has 5 heteroatoms. The Labute approximate surface area is 99.8 Å². The van der Waals surface area contributed by atoms with Gasteiger partial charge < -0.3 is 15.2 Å². The van der Waals surface area contributed by atoms with Crippen LogP contribution in [0.2, 0.25) is 0 Å². The fourth-order valence-corrected chi connectivity index (χ4v) is 1.53. The summed E-state index contributed by atoms with van der Waals surface area (Å²) in [5.41, 5.74) is 5.64. The Morgan fingerprint density at radius 1 is 1.29 bits per heavy atom. The minimum absolute atomic E-state index is 0.441. The van der Waals surface area contributed by atoms with Crippen LogP contribution in [0.3, 0.4) is 0 Å². The summed E-state index contributed by atoms with van der Waals surface area (Å²) in [5, 5.41) is 0. The third-order valence-corrected chi connectivity index (χ3v) is 2.37. The van der Waals surface area contributed by atoms with E-state index in [2.05, 4.69) is 4.98 Å². The van der Waals surface area contributed by atoms with Gasteiger partial charge in [0.05, 0.1) is 13.3 Å². The first-order valence-electron chi connectivity index (χ1n) is 5.38. The number of aromatic nitrogens is 2. The lowest BCUT2D eigenvalue weighted by Gasteiger charge is -2.09. The molecular weight excluding hydrogens is 218 g/mol. The van der Waals surface area contributed by atoms with E-state index < -0.39 is 0 Å². The Kier molecular flexibility index (Phi) is 3.18. The van der Waals surface area contributed by atoms with Crippen LogP contribution in [-0.4, -0.2) is 16.7 Å². The summed E-state index contributed by atoms with van der Waals surface area (Å²) in [6.45, 7) is 2.74. The molecule has 2 N–H and O–H groups in total. The van der Waals surface area contributed by atoms with Gasteiger partial charge in [-0.1, -0.05) is 12.1 Å². The monoisotopic (exact) mass is 233 g/mol. The molecule has 2 aromatic rings. The van der Waals surface area contributed by atoms with Crippen molar-refractivity contribution in [3.63, 3.8) is 0 Å². The van der Waals surface area contributed by atoms with Gasteiger partial charge in [-0.3, -0.25) is 4.57 Å². The highest BCUT2D eigenvalue weighted by molar-refractivity contribution is 5.41. The molecule has 2 rings (SSSR count). The first-order valence-corrected chi connectivity index (χ1v) is 5.38. The first kappa shape index (κ1) is 11.3. The van der Waals surface area contributed by atoms with Gasteiger partial charge in [0.1, 0.15) is 5.82 Å². The molecule has 0 radical (unpaired) electrons. The zero-order valence-electron chi connectivity index (χ0n) is 9.88. The number of hydrogen-bond acceptors (Lipinski definition) is 4. The van der Waals surface area contributed by atoms with Gasteiger partial charge >= 0.3 is 6.01 Å². The summed E-state index contributed by atoms with van der Waals surface area (Å²) in [6.07, 6.45) is 1.74. The van der Waals surface area contributed by atoms with Gasteiger partial charge in [-0.15, -0.1) is 0 Å². The number of methoxy groups -OCH3 is 1. The molecule has 0 saturated carbocycles. The number of benzene rings is 1. The van der Waals surface area contributed by atoms with Crippen LogP contribution in [0.25, 0.3) is 0 Å². The highest BCUT2D eigenvalue weighted by Gasteiger charge is 2.10. The average molecular weight is 233 g/mol. The summed E-state index contributed by atoms with van der Waals surface area (Å²) in [5.74, 6) is 1.73.